The smallest absolute Gasteiger partial charge is 0.371 e. The van der Waals surface area contributed by atoms with E-state index in [9.17, 15) is 13.2 Å². The average Bonchev–Trinajstić information content (AvgIpc) is 3.14. The third-order valence-corrected chi connectivity index (χ3v) is 4.72. The summed E-state index contributed by atoms with van der Waals surface area (Å²) in [5, 5.41) is 0.622. The molecule has 2 heterocycles. The Labute approximate surface area is 143 Å². The van der Waals surface area contributed by atoms with Crippen LogP contribution in [0.5, 0.6) is 0 Å². The molecule has 5 heteroatoms. The van der Waals surface area contributed by atoms with Gasteiger partial charge in [0.2, 0.25) is 11.2 Å². The number of aromatic amines is 1. The lowest BCUT2D eigenvalue weighted by molar-refractivity contribution is -0.333. The van der Waals surface area contributed by atoms with Gasteiger partial charge in [0.15, 0.2) is 0 Å². The van der Waals surface area contributed by atoms with Crippen molar-refractivity contribution >= 4 is 16.6 Å². The summed E-state index contributed by atoms with van der Waals surface area (Å²) in [6.45, 7) is 1.76. The second-order valence-electron chi connectivity index (χ2n) is 6.35. The summed E-state index contributed by atoms with van der Waals surface area (Å²) in [5.41, 5.74) is 1.98. The highest BCUT2D eigenvalue weighted by molar-refractivity contribution is 5.93. The highest BCUT2D eigenvalue weighted by Gasteiger charge is 2.36. The number of nitrogens with one attached hydrogen (secondary N) is 1. The maximum absolute atomic E-state index is 13.5. The number of H-pyrrole nitrogens is 1. The Morgan fingerprint density at radius 1 is 0.880 bits per heavy atom. The number of hydrogen-bond acceptors (Lipinski definition) is 1. The third kappa shape index (κ3) is 2.95. The standard InChI is InChI=1S/C20H17F3N2/c21-20(22,23)16-10-6-9-15-18(25-11-4-5-12-25)13-17(24-19(15)16)14-7-2-1-3-8-14/h1-3,6-10,13H,4-5,11-12H2/p+1. The summed E-state index contributed by atoms with van der Waals surface area (Å²) < 4.78 is 40.6. The molecule has 0 radical (unpaired) electrons. The first kappa shape index (κ1) is 15.9. The summed E-state index contributed by atoms with van der Waals surface area (Å²) in [5.74, 6) is 0. The summed E-state index contributed by atoms with van der Waals surface area (Å²) in [7, 11) is 0. The van der Waals surface area contributed by atoms with Crippen molar-refractivity contribution in [1.29, 1.82) is 0 Å². The second kappa shape index (κ2) is 6.06. The zero-order valence-corrected chi connectivity index (χ0v) is 13.6. The number of benzene rings is 2. The van der Waals surface area contributed by atoms with Crippen molar-refractivity contribution in [3.05, 3.63) is 60.2 Å². The van der Waals surface area contributed by atoms with Gasteiger partial charge < -0.3 is 4.90 Å². The van der Waals surface area contributed by atoms with E-state index in [4.69, 9.17) is 0 Å². The van der Waals surface area contributed by atoms with Crippen LogP contribution in [0.15, 0.2) is 54.6 Å². The molecule has 0 saturated carbocycles. The molecule has 0 bridgehead atoms. The van der Waals surface area contributed by atoms with Crippen molar-refractivity contribution in [2.24, 2.45) is 0 Å². The Morgan fingerprint density at radius 2 is 1.60 bits per heavy atom. The fraction of sp³-hybridized carbons (Fsp3) is 0.250. The second-order valence-corrected chi connectivity index (χ2v) is 6.35. The van der Waals surface area contributed by atoms with E-state index in [1.165, 1.54) is 6.07 Å². The minimum atomic E-state index is -4.40. The quantitative estimate of drug-likeness (QED) is 0.644. The fourth-order valence-corrected chi connectivity index (χ4v) is 3.51. The topological polar surface area (TPSA) is 17.4 Å². The zero-order valence-electron chi connectivity index (χ0n) is 13.6. The van der Waals surface area contributed by atoms with E-state index in [0.717, 1.165) is 43.2 Å². The van der Waals surface area contributed by atoms with Gasteiger partial charge in [-0.3, -0.25) is 0 Å². The number of alkyl halides is 3. The third-order valence-electron chi connectivity index (χ3n) is 4.72. The lowest BCUT2D eigenvalue weighted by Gasteiger charge is -2.19. The SMILES string of the molecule is FC(F)(F)c1cccc2c(N3CCCC3)cc(-c3ccccc3)[nH+]c12. The van der Waals surface area contributed by atoms with Gasteiger partial charge in [-0.15, -0.1) is 0 Å². The Kier molecular flexibility index (Phi) is 3.86. The summed E-state index contributed by atoms with van der Waals surface area (Å²) >= 11 is 0. The lowest BCUT2D eigenvalue weighted by atomic mass is 10.0. The van der Waals surface area contributed by atoms with Gasteiger partial charge >= 0.3 is 6.18 Å². The van der Waals surface area contributed by atoms with Crippen LogP contribution in [0.3, 0.4) is 0 Å². The van der Waals surface area contributed by atoms with Crippen LogP contribution in [-0.2, 0) is 6.18 Å². The number of anilines is 1. The number of halogens is 3. The summed E-state index contributed by atoms with van der Waals surface area (Å²) in [6.07, 6.45) is -2.26. The molecule has 1 N–H and O–H groups in total. The van der Waals surface area contributed by atoms with Gasteiger partial charge in [-0.25, -0.2) is 4.98 Å². The zero-order chi connectivity index (χ0) is 17.4. The van der Waals surface area contributed by atoms with Crippen molar-refractivity contribution in [2.45, 2.75) is 19.0 Å². The minimum Gasteiger partial charge on any atom is -0.371 e. The monoisotopic (exact) mass is 343 g/mol. The van der Waals surface area contributed by atoms with Crippen molar-refractivity contribution in [2.75, 3.05) is 18.0 Å². The van der Waals surface area contributed by atoms with E-state index in [1.807, 2.05) is 36.4 Å². The van der Waals surface area contributed by atoms with Crippen molar-refractivity contribution in [3.63, 3.8) is 0 Å². The van der Waals surface area contributed by atoms with E-state index in [0.29, 0.717) is 11.1 Å². The normalized spacial score (nSPS) is 15.1. The van der Waals surface area contributed by atoms with Gasteiger partial charge in [-0.1, -0.05) is 24.3 Å². The molecule has 1 aromatic heterocycles. The van der Waals surface area contributed by atoms with Crippen molar-refractivity contribution < 1.29 is 18.2 Å². The van der Waals surface area contributed by atoms with Crippen molar-refractivity contribution in [1.82, 2.24) is 0 Å². The molecule has 128 valence electrons. The molecule has 3 aromatic rings. The Balaban J connectivity index is 2.01. The largest absolute Gasteiger partial charge is 0.422 e. The number of fused-ring (bicyclic) bond motifs is 1. The predicted octanol–water partition coefficient (Wildman–Crippen LogP) is 4.94. The molecule has 0 spiro atoms. The van der Waals surface area contributed by atoms with Gasteiger partial charge in [0.05, 0.1) is 11.1 Å². The van der Waals surface area contributed by atoms with Gasteiger partial charge in [0.25, 0.3) is 0 Å². The Hall–Kier alpha value is -2.56. The first-order valence-electron chi connectivity index (χ1n) is 8.41. The molecule has 1 fully saturated rings. The highest BCUT2D eigenvalue weighted by Crippen LogP contribution is 2.37. The van der Waals surface area contributed by atoms with E-state index >= 15 is 0 Å². The molecule has 2 aromatic carbocycles. The summed E-state index contributed by atoms with van der Waals surface area (Å²) in [4.78, 5) is 5.22. The molecule has 1 aliphatic rings. The van der Waals surface area contributed by atoms with Crippen molar-refractivity contribution in [3.8, 4) is 11.3 Å². The lowest BCUT2D eigenvalue weighted by Crippen LogP contribution is -2.22. The molecular formula is C20H18F3N2+. The van der Waals surface area contributed by atoms with Crippen LogP contribution < -0.4 is 9.88 Å². The first-order valence-corrected chi connectivity index (χ1v) is 8.41. The molecule has 0 atom stereocenters. The molecule has 0 aliphatic carbocycles. The number of para-hydroxylation sites is 1. The summed E-state index contributed by atoms with van der Waals surface area (Å²) in [6, 6.07) is 15.8. The van der Waals surface area contributed by atoms with Crippen LogP contribution in [0.4, 0.5) is 18.9 Å². The minimum absolute atomic E-state index is 0.151. The fourth-order valence-electron chi connectivity index (χ4n) is 3.51. The van der Waals surface area contributed by atoms with E-state index in [2.05, 4.69) is 9.88 Å². The van der Waals surface area contributed by atoms with Crippen LogP contribution in [0.25, 0.3) is 22.2 Å². The first-order chi connectivity index (χ1) is 12.0. The number of rotatable bonds is 2. The van der Waals surface area contributed by atoms with Gasteiger partial charge in [0, 0.05) is 24.7 Å². The highest BCUT2D eigenvalue weighted by atomic mass is 19.4. The number of nitrogens with zero attached hydrogens (tertiary/aromatic N) is 1. The molecule has 25 heavy (non-hydrogen) atoms. The molecule has 1 aliphatic heterocycles. The number of aromatic nitrogens is 1. The molecule has 0 amide bonds. The number of pyridine rings is 1. The van der Waals surface area contributed by atoms with E-state index in [-0.39, 0.29) is 5.52 Å². The van der Waals surface area contributed by atoms with Gasteiger partial charge in [0.1, 0.15) is 5.56 Å². The molecule has 1 saturated heterocycles. The van der Waals surface area contributed by atoms with Crippen LogP contribution >= 0.6 is 0 Å². The van der Waals surface area contributed by atoms with Gasteiger partial charge in [-0.05, 0) is 37.1 Å². The Bertz CT molecular complexity index is 898. The maximum Gasteiger partial charge on any atom is 0.422 e. The molecule has 2 nitrogen and oxygen atoms in total. The maximum atomic E-state index is 13.5. The van der Waals surface area contributed by atoms with E-state index < -0.39 is 11.7 Å². The average molecular weight is 343 g/mol. The predicted molar refractivity (Wildman–Crippen MR) is 92.4 cm³/mol. The molecular weight excluding hydrogens is 325 g/mol. The molecule has 4 rings (SSSR count). The Morgan fingerprint density at radius 3 is 2.28 bits per heavy atom. The van der Waals surface area contributed by atoms with Gasteiger partial charge in [-0.2, -0.15) is 13.2 Å². The van der Waals surface area contributed by atoms with Crippen LogP contribution in [-0.4, -0.2) is 13.1 Å². The van der Waals surface area contributed by atoms with Crippen LogP contribution in [0.1, 0.15) is 18.4 Å². The number of hydrogen-bond donors (Lipinski definition) is 0. The van der Waals surface area contributed by atoms with E-state index in [1.54, 1.807) is 6.07 Å². The molecule has 0 unspecified atom stereocenters. The van der Waals surface area contributed by atoms with Crippen LogP contribution in [0, 0.1) is 0 Å². The van der Waals surface area contributed by atoms with Crippen LogP contribution in [0.2, 0.25) is 0 Å².